The van der Waals surface area contributed by atoms with Gasteiger partial charge in [-0.15, -0.1) is 0 Å². The Balaban J connectivity index is 2.22. The number of nitrogens with zero attached hydrogens (tertiary/aromatic N) is 1. The van der Waals surface area contributed by atoms with Crippen LogP contribution in [0.3, 0.4) is 0 Å². The number of carbonyl (C=O) groups excluding carboxylic acids is 1. The van der Waals surface area contributed by atoms with Gasteiger partial charge in [0.15, 0.2) is 0 Å². The van der Waals surface area contributed by atoms with Crippen molar-refractivity contribution in [3.63, 3.8) is 0 Å². The molecule has 0 aromatic rings. The number of β-amino-alcohol motifs (C(OH)–C–C–N with tert-alkyl or cyclic N) is 1. The minimum atomic E-state index is -0.317. The topological polar surface area (TPSA) is 52.6 Å². The highest BCUT2D eigenvalue weighted by molar-refractivity contribution is 5.78. The standard InChI is InChI=1S/C10H20N2O2/c1-3-8(2)11-6-10(14)12-5-4-9(13)7-12/h8-9,11,13H,3-7H2,1-2H3. The van der Waals surface area contributed by atoms with Crippen LogP contribution in [0.5, 0.6) is 0 Å². The summed E-state index contributed by atoms with van der Waals surface area (Å²) in [5, 5.41) is 12.4. The van der Waals surface area contributed by atoms with Crippen LogP contribution in [0.2, 0.25) is 0 Å². The van der Waals surface area contributed by atoms with Crippen molar-refractivity contribution in [2.24, 2.45) is 0 Å². The molecule has 0 saturated carbocycles. The predicted molar refractivity (Wildman–Crippen MR) is 55.0 cm³/mol. The molecule has 4 heteroatoms. The predicted octanol–water partition coefficient (Wildman–Crippen LogP) is -0.0323. The molecule has 14 heavy (non-hydrogen) atoms. The van der Waals surface area contributed by atoms with E-state index in [-0.39, 0.29) is 12.0 Å². The van der Waals surface area contributed by atoms with Crippen molar-refractivity contribution in [3.8, 4) is 0 Å². The van der Waals surface area contributed by atoms with Crippen molar-refractivity contribution < 1.29 is 9.90 Å². The number of nitrogens with one attached hydrogen (secondary N) is 1. The summed E-state index contributed by atoms with van der Waals surface area (Å²) in [6, 6.07) is 0.381. The van der Waals surface area contributed by atoms with Crippen molar-refractivity contribution in [2.45, 2.75) is 38.8 Å². The quantitative estimate of drug-likeness (QED) is 0.670. The van der Waals surface area contributed by atoms with Crippen molar-refractivity contribution in [1.29, 1.82) is 0 Å². The Kier molecular flexibility index (Phi) is 4.35. The second-order valence-corrected chi connectivity index (χ2v) is 3.97. The SMILES string of the molecule is CCC(C)NCC(=O)N1CCC(O)C1. The lowest BCUT2D eigenvalue weighted by Crippen LogP contribution is -2.40. The van der Waals surface area contributed by atoms with Crippen LogP contribution in [0, 0.1) is 0 Å². The Labute approximate surface area is 85.3 Å². The van der Waals surface area contributed by atoms with E-state index in [4.69, 9.17) is 0 Å². The van der Waals surface area contributed by atoms with E-state index in [0.717, 1.165) is 12.8 Å². The molecule has 0 aromatic heterocycles. The van der Waals surface area contributed by atoms with Gasteiger partial charge in [0.05, 0.1) is 12.6 Å². The van der Waals surface area contributed by atoms with Gasteiger partial charge in [-0.05, 0) is 19.8 Å². The van der Waals surface area contributed by atoms with E-state index in [1.54, 1.807) is 4.90 Å². The smallest absolute Gasteiger partial charge is 0.236 e. The Morgan fingerprint density at radius 3 is 2.93 bits per heavy atom. The van der Waals surface area contributed by atoms with E-state index in [1.165, 1.54) is 0 Å². The Morgan fingerprint density at radius 2 is 2.43 bits per heavy atom. The third-order valence-electron chi connectivity index (χ3n) is 2.73. The molecule has 4 nitrogen and oxygen atoms in total. The number of rotatable bonds is 4. The number of hydrogen-bond acceptors (Lipinski definition) is 3. The lowest BCUT2D eigenvalue weighted by Gasteiger charge is -2.17. The minimum Gasteiger partial charge on any atom is -0.391 e. The highest BCUT2D eigenvalue weighted by Crippen LogP contribution is 2.08. The third kappa shape index (κ3) is 3.27. The minimum absolute atomic E-state index is 0.0989. The average molecular weight is 200 g/mol. The molecule has 1 rings (SSSR count). The highest BCUT2D eigenvalue weighted by atomic mass is 16.3. The highest BCUT2D eigenvalue weighted by Gasteiger charge is 2.23. The molecule has 1 aliphatic heterocycles. The maximum Gasteiger partial charge on any atom is 0.236 e. The van der Waals surface area contributed by atoms with Crippen LogP contribution >= 0.6 is 0 Å². The number of hydrogen-bond donors (Lipinski definition) is 2. The second-order valence-electron chi connectivity index (χ2n) is 3.97. The van der Waals surface area contributed by atoms with Crippen LogP contribution in [0.1, 0.15) is 26.7 Å². The molecule has 2 N–H and O–H groups in total. The van der Waals surface area contributed by atoms with Crippen molar-refractivity contribution in [3.05, 3.63) is 0 Å². The molecule has 1 fully saturated rings. The summed E-state index contributed by atoms with van der Waals surface area (Å²) >= 11 is 0. The molecule has 1 amide bonds. The molecule has 1 saturated heterocycles. The van der Waals surface area contributed by atoms with Gasteiger partial charge in [-0.1, -0.05) is 6.92 Å². The summed E-state index contributed by atoms with van der Waals surface area (Å²) in [5.41, 5.74) is 0. The van der Waals surface area contributed by atoms with Crippen LogP contribution in [0.4, 0.5) is 0 Å². The Hall–Kier alpha value is -0.610. The monoisotopic (exact) mass is 200 g/mol. The molecule has 0 aromatic carbocycles. The zero-order valence-electron chi connectivity index (χ0n) is 8.99. The van der Waals surface area contributed by atoms with E-state index in [0.29, 0.717) is 25.7 Å². The van der Waals surface area contributed by atoms with Gasteiger partial charge in [-0.3, -0.25) is 4.79 Å². The number of aliphatic hydroxyl groups is 1. The van der Waals surface area contributed by atoms with Crippen LogP contribution in [-0.4, -0.2) is 47.7 Å². The first kappa shape index (κ1) is 11.5. The molecule has 1 aliphatic rings. The van der Waals surface area contributed by atoms with E-state index < -0.39 is 0 Å². The summed E-state index contributed by atoms with van der Waals surface area (Å²) in [7, 11) is 0. The lowest BCUT2D eigenvalue weighted by molar-refractivity contribution is -0.129. The summed E-state index contributed by atoms with van der Waals surface area (Å²) in [4.78, 5) is 13.3. The molecular formula is C10H20N2O2. The van der Waals surface area contributed by atoms with Crippen LogP contribution in [-0.2, 0) is 4.79 Å². The molecule has 1 heterocycles. The van der Waals surface area contributed by atoms with E-state index in [1.807, 2.05) is 0 Å². The fourth-order valence-corrected chi connectivity index (χ4v) is 1.49. The maximum atomic E-state index is 11.6. The zero-order chi connectivity index (χ0) is 10.6. The molecule has 0 spiro atoms. The third-order valence-corrected chi connectivity index (χ3v) is 2.73. The largest absolute Gasteiger partial charge is 0.391 e. The van der Waals surface area contributed by atoms with Crippen LogP contribution < -0.4 is 5.32 Å². The number of likely N-dealkylation sites (tertiary alicyclic amines) is 1. The normalized spacial score (nSPS) is 23.9. The molecule has 0 bridgehead atoms. The van der Waals surface area contributed by atoms with Gasteiger partial charge in [-0.25, -0.2) is 0 Å². The van der Waals surface area contributed by atoms with Gasteiger partial charge in [-0.2, -0.15) is 0 Å². The Bertz CT molecular complexity index is 197. The maximum absolute atomic E-state index is 11.6. The molecule has 82 valence electrons. The zero-order valence-corrected chi connectivity index (χ0v) is 8.99. The fourth-order valence-electron chi connectivity index (χ4n) is 1.49. The van der Waals surface area contributed by atoms with Gasteiger partial charge >= 0.3 is 0 Å². The van der Waals surface area contributed by atoms with E-state index in [9.17, 15) is 9.90 Å². The first-order valence-corrected chi connectivity index (χ1v) is 5.32. The first-order chi connectivity index (χ1) is 6.63. The fraction of sp³-hybridized carbons (Fsp3) is 0.900. The van der Waals surface area contributed by atoms with Gasteiger partial charge in [0.2, 0.25) is 5.91 Å². The van der Waals surface area contributed by atoms with Crippen LogP contribution in [0.15, 0.2) is 0 Å². The molecule has 0 aliphatic carbocycles. The number of aliphatic hydroxyl groups excluding tert-OH is 1. The van der Waals surface area contributed by atoms with Crippen molar-refractivity contribution in [1.82, 2.24) is 10.2 Å². The second kappa shape index (κ2) is 5.32. The van der Waals surface area contributed by atoms with E-state index in [2.05, 4.69) is 19.2 Å². The van der Waals surface area contributed by atoms with Gasteiger partial charge < -0.3 is 15.3 Å². The van der Waals surface area contributed by atoms with Gasteiger partial charge in [0, 0.05) is 19.1 Å². The summed E-state index contributed by atoms with van der Waals surface area (Å²) in [5.74, 6) is 0.0989. The molecule has 2 atom stereocenters. The summed E-state index contributed by atoms with van der Waals surface area (Å²) in [6.07, 6.45) is 1.42. The van der Waals surface area contributed by atoms with Crippen LogP contribution in [0.25, 0.3) is 0 Å². The van der Waals surface area contributed by atoms with Gasteiger partial charge in [0.25, 0.3) is 0 Å². The summed E-state index contributed by atoms with van der Waals surface area (Å²) < 4.78 is 0. The first-order valence-electron chi connectivity index (χ1n) is 5.32. The summed E-state index contributed by atoms with van der Waals surface area (Å²) in [6.45, 7) is 5.73. The molecule has 2 unspecified atom stereocenters. The Morgan fingerprint density at radius 1 is 1.71 bits per heavy atom. The lowest BCUT2D eigenvalue weighted by atomic mass is 10.2. The molecule has 0 radical (unpaired) electrons. The number of amides is 1. The van der Waals surface area contributed by atoms with Crippen molar-refractivity contribution >= 4 is 5.91 Å². The molecular weight excluding hydrogens is 180 g/mol. The van der Waals surface area contributed by atoms with Gasteiger partial charge in [0.1, 0.15) is 0 Å². The van der Waals surface area contributed by atoms with Crippen molar-refractivity contribution in [2.75, 3.05) is 19.6 Å². The number of carbonyl (C=O) groups is 1. The van der Waals surface area contributed by atoms with E-state index >= 15 is 0 Å². The average Bonchev–Trinajstić information content (AvgIpc) is 2.60.